The molecule has 0 saturated heterocycles. The van der Waals surface area contributed by atoms with Crippen molar-refractivity contribution in [2.75, 3.05) is 7.11 Å². The van der Waals surface area contributed by atoms with Crippen LogP contribution in [-0.2, 0) is 14.3 Å². The molecule has 0 saturated carbocycles. The molecule has 0 aliphatic carbocycles. The Labute approximate surface area is 123 Å². The number of aliphatic carboxylic acids is 1. The predicted octanol–water partition coefficient (Wildman–Crippen LogP) is 1.46. The van der Waals surface area contributed by atoms with E-state index in [9.17, 15) is 14.7 Å². The maximum Gasteiger partial charge on any atom is 0.357 e. The van der Waals surface area contributed by atoms with Crippen molar-refractivity contribution in [1.82, 2.24) is 0 Å². The van der Waals surface area contributed by atoms with E-state index in [-0.39, 0.29) is 5.57 Å². The molecule has 6 heteroatoms. The third kappa shape index (κ3) is 3.92. The van der Waals surface area contributed by atoms with Gasteiger partial charge in [0.1, 0.15) is 17.3 Å². The molecule has 0 heterocycles. The number of hydrogen-bond acceptors (Lipinski definition) is 5. The Bertz CT molecular complexity index is 567. The lowest BCUT2D eigenvalue weighted by Gasteiger charge is -2.33. The normalized spacial score (nSPS) is 14.0. The van der Waals surface area contributed by atoms with Crippen molar-refractivity contribution in [1.29, 1.82) is 0 Å². The summed E-state index contributed by atoms with van der Waals surface area (Å²) in [6, 6.07) is 6.23. The summed E-state index contributed by atoms with van der Waals surface area (Å²) < 4.78 is 10.4. The number of carbonyl (C=O) groups excluding carboxylic acids is 1. The molecule has 1 aromatic carbocycles. The summed E-state index contributed by atoms with van der Waals surface area (Å²) in [6.45, 7) is 4.94. The van der Waals surface area contributed by atoms with E-state index in [4.69, 9.17) is 15.2 Å². The highest BCUT2D eigenvalue weighted by Crippen LogP contribution is 2.30. The summed E-state index contributed by atoms with van der Waals surface area (Å²) in [4.78, 5) is 22.8. The van der Waals surface area contributed by atoms with E-state index in [1.165, 1.54) is 19.2 Å². The van der Waals surface area contributed by atoms with Crippen molar-refractivity contribution in [3.8, 4) is 5.75 Å². The Hall–Kier alpha value is -2.14. The second kappa shape index (κ2) is 6.10. The Morgan fingerprint density at radius 1 is 1.24 bits per heavy atom. The number of benzene rings is 1. The molecule has 0 aliphatic heterocycles. The molecule has 0 amide bonds. The van der Waals surface area contributed by atoms with Crippen molar-refractivity contribution >= 4 is 17.5 Å². The van der Waals surface area contributed by atoms with Gasteiger partial charge in [0.25, 0.3) is 5.72 Å². The highest BCUT2D eigenvalue weighted by Gasteiger charge is 2.44. The van der Waals surface area contributed by atoms with Gasteiger partial charge in [-0.1, -0.05) is 12.1 Å². The Balaban J connectivity index is 3.32. The molecule has 0 radical (unpaired) electrons. The number of hydrogen-bond donors (Lipinski definition) is 2. The van der Waals surface area contributed by atoms with Gasteiger partial charge in [-0.2, -0.15) is 0 Å². The van der Waals surface area contributed by atoms with Crippen LogP contribution in [0.5, 0.6) is 5.75 Å². The van der Waals surface area contributed by atoms with Crippen LogP contribution in [0.3, 0.4) is 0 Å². The van der Waals surface area contributed by atoms with Crippen LogP contribution < -0.4 is 10.5 Å². The van der Waals surface area contributed by atoms with E-state index in [1.54, 1.807) is 38.8 Å². The molecular formula is C15H19NO5. The standard InChI is InChI=1S/C15H19NO5/c1-14(2,3)21-15(16,13(18)19)12(9-17)10-5-7-11(20-4)8-6-10/h5-8H,16H2,1-4H3,(H,18,19). The minimum Gasteiger partial charge on any atom is -0.497 e. The maximum atomic E-state index is 11.5. The largest absolute Gasteiger partial charge is 0.497 e. The zero-order valence-electron chi connectivity index (χ0n) is 12.5. The van der Waals surface area contributed by atoms with Gasteiger partial charge >= 0.3 is 5.97 Å². The molecule has 0 aliphatic rings. The van der Waals surface area contributed by atoms with Crippen LogP contribution >= 0.6 is 0 Å². The van der Waals surface area contributed by atoms with E-state index in [0.717, 1.165) is 0 Å². The van der Waals surface area contributed by atoms with Crippen molar-refractivity contribution in [3.05, 3.63) is 29.8 Å². The van der Waals surface area contributed by atoms with E-state index in [2.05, 4.69) is 0 Å². The second-order valence-electron chi connectivity index (χ2n) is 5.46. The molecule has 21 heavy (non-hydrogen) atoms. The summed E-state index contributed by atoms with van der Waals surface area (Å²) in [7, 11) is 1.50. The number of nitrogens with two attached hydrogens (primary N) is 1. The Morgan fingerprint density at radius 3 is 2.10 bits per heavy atom. The fourth-order valence-electron chi connectivity index (χ4n) is 1.79. The summed E-state index contributed by atoms with van der Waals surface area (Å²) in [5.41, 5.74) is 2.71. The van der Waals surface area contributed by atoms with Crippen molar-refractivity contribution in [3.63, 3.8) is 0 Å². The molecule has 1 rings (SSSR count). The lowest BCUT2D eigenvalue weighted by molar-refractivity contribution is -0.171. The fraction of sp³-hybridized carbons (Fsp3) is 0.400. The number of rotatable bonds is 5. The zero-order chi connectivity index (χ0) is 16.3. The zero-order valence-corrected chi connectivity index (χ0v) is 12.5. The van der Waals surface area contributed by atoms with Crippen LogP contribution in [0.1, 0.15) is 26.3 Å². The first-order valence-corrected chi connectivity index (χ1v) is 6.26. The van der Waals surface area contributed by atoms with E-state index in [1.807, 2.05) is 0 Å². The predicted molar refractivity (Wildman–Crippen MR) is 77.5 cm³/mol. The van der Waals surface area contributed by atoms with Crippen LogP contribution in [0.25, 0.3) is 5.57 Å². The van der Waals surface area contributed by atoms with Crippen LogP contribution in [0.15, 0.2) is 24.3 Å². The average molecular weight is 293 g/mol. The summed E-state index contributed by atoms with van der Waals surface area (Å²) in [5, 5.41) is 9.39. The second-order valence-corrected chi connectivity index (χ2v) is 5.46. The van der Waals surface area contributed by atoms with Gasteiger partial charge in [-0.15, -0.1) is 0 Å². The minimum atomic E-state index is -2.28. The molecule has 6 nitrogen and oxygen atoms in total. The maximum absolute atomic E-state index is 11.5. The summed E-state index contributed by atoms with van der Waals surface area (Å²) in [5.74, 6) is 0.697. The van der Waals surface area contributed by atoms with Crippen LogP contribution in [0, 0.1) is 0 Å². The van der Waals surface area contributed by atoms with Crippen molar-refractivity contribution in [2.24, 2.45) is 5.73 Å². The average Bonchev–Trinajstić information content (AvgIpc) is 2.38. The third-order valence-electron chi connectivity index (χ3n) is 2.64. The number of carbonyl (C=O) groups is 1. The first-order chi connectivity index (χ1) is 9.64. The monoisotopic (exact) mass is 293 g/mol. The highest BCUT2D eigenvalue weighted by molar-refractivity contribution is 6.04. The Morgan fingerprint density at radius 2 is 1.76 bits per heavy atom. The van der Waals surface area contributed by atoms with Gasteiger partial charge in [0, 0.05) is 0 Å². The lowest BCUT2D eigenvalue weighted by atomic mass is 9.96. The smallest absolute Gasteiger partial charge is 0.357 e. The van der Waals surface area contributed by atoms with Gasteiger partial charge in [0.2, 0.25) is 0 Å². The number of carboxylic acids is 1. The number of ether oxygens (including phenoxy) is 2. The third-order valence-corrected chi connectivity index (χ3v) is 2.64. The van der Waals surface area contributed by atoms with Gasteiger partial charge in [-0.3, -0.25) is 5.73 Å². The van der Waals surface area contributed by atoms with Crippen LogP contribution in [0.4, 0.5) is 0 Å². The van der Waals surface area contributed by atoms with Gasteiger partial charge in [0.05, 0.1) is 12.7 Å². The SMILES string of the molecule is COc1ccc(C(=C=O)C(N)(OC(C)(C)C)C(=O)O)cc1. The summed E-state index contributed by atoms with van der Waals surface area (Å²) in [6.07, 6.45) is 0. The summed E-state index contributed by atoms with van der Waals surface area (Å²) >= 11 is 0. The molecule has 1 aromatic rings. The van der Waals surface area contributed by atoms with E-state index < -0.39 is 17.3 Å². The van der Waals surface area contributed by atoms with Crippen LogP contribution in [-0.4, -0.2) is 35.5 Å². The van der Waals surface area contributed by atoms with Gasteiger partial charge in [0.15, 0.2) is 0 Å². The molecule has 114 valence electrons. The van der Waals surface area contributed by atoms with Gasteiger partial charge in [-0.25, -0.2) is 9.59 Å². The fourth-order valence-corrected chi connectivity index (χ4v) is 1.79. The minimum absolute atomic E-state index is 0.285. The van der Waals surface area contributed by atoms with Crippen molar-refractivity contribution in [2.45, 2.75) is 32.1 Å². The molecule has 0 aromatic heterocycles. The molecular weight excluding hydrogens is 274 g/mol. The van der Waals surface area contributed by atoms with E-state index in [0.29, 0.717) is 11.3 Å². The Kier molecular flexibility index (Phi) is 4.91. The molecule has 1 unspecified atom stereocenters. The number of carboxylic acid groups (broad SMARTS) is 1. The van der Waals surface area contributed by atoms with Crippen LogP contribution in [0.2, 0.25) is 0 Å². The molecule has 3 N–H and O–H groups in total. The quantitative estimate of drug-likeness (QED) is 0.630. The number of methoxy groups -OCH3 is 1. The first-order valence-electron chi connectivity index (χ1n) is 6.26. The lowest BCUT2D eigenvalue weighted by Crippen LogP contribution is -2.55. The van der Waals surface area contributed by atoms with Gasteiger partial charge < -0.3 is 14.6 Å². The van der Waals surface area contributed by atoms with Crippen molar-refractivity contribution < 1.29 is 24.2 Å². The topological polar surface area (TPSA) is 98.9 Å². The molecule has 1 atom stereocenters. The molecule has 0 spiro atoms. The molecule has 0 fully saturated rings. The first kappa shape index (κ1) is 16.9. The van der Waals surface area contributed by atoms with E-state index >= 15 is 0 Å². The molecule has 0 bridgehead atoms. The highest BCUT2D eigenvalue weighted by atomic mass is 16.6. The van der Waals surface area contributed by atoms with Gasteiger partial charge in [-0.05, 0) is 38.5 Å².